The summed E-state index contributed by atoms with van der Waals surface area (Å²) in [6, 6.07) is 49.7. The molecule has 0 unspecified atom stereocenters. The highest BCUT2D eigenvalue weighted by Crippen LogP contribution is 2.47. The molecule has 0 spiro atoms. The van der Waals surface area contributed by atoms with Gasteiger partial charge in [0, 0.05) is 0 Å². The zero-order valence-electron chi connectivity index (χ0n) is 26.6. The third-order valence-electron chi connectivity index (χ3n) is 10.2. The minimum Gasteiger partial charge on any atom is -0.0985 e. The zero-order valence-corrected chi connectivity index (χ0v) is 26.6. The van der Waals surface area contributed by atoms with E-state index in [1.165, 1.54) is 98.7 Å². The van der Waals surface area contributed by atoms with Crippen molar-refractivity contribution in [3.8, 4) is 33.4 Å². The van der Waals surface area contributed by atoms with Crippen molar-refractivity contribution in [1.82, 2.24) is 0 Å². The SMILES string of the molecule is C=Cc1cc(-c2ccc3ccc(-c4c5c(c(-c6cc7ccccc7c7ccccc67)c6ccccc46)CCC=C5)cc3c2)ccc1C. The van der Waals surface area contributed by atoms with Gasteiger partial charge >= 0.3 is 0 Å². The molecule has 47 heavy (non-hydrogen) atoms. The Morgan fingerprint density at radius 3 is 1.98 bits per heavy atom. The Hall–Kier alpha value is -5.72. The third-order valence-corrected chi connectivity index (χ3v) is 10.2. The Labute approximate surface area is 275 Å². The van der Waals surface area contributed by atoms with Crippen molar-refractivity contribution in [3.63, 3.8) is 0 Å². The van der Waals surface area contributed by atoms with E-state index in [0.717, 1.165) is 12.8 Å². The zero-order chi connectivity index (χ0) is 31.5. The minimum atomic E-state index is 1.02. The molecule has 0 saturated carbocycles. The second-order valence-corrected chi connectivity index (χ2v) is 12.9. The normalized spacial score (nSPS) is 12.6. The monoisotopic (exact) mass is 598 g/mol. The van der Waals surface area contributed by atoms with Gasteiger partial charge in [0.25, 0.3) is 0 Å². The van der Waals surface area contributed by atoms with E-state index in [4.69, 9.17) is 0 Å². The topological polar surface area (TPSA) is 0 Å². The molecule has 0 N–H and O–H groups in total. The van der Waals surface area contributed by atoms with Crippen molar-refractivity contribution in [1.29, 1.82) is 0 Å². The Morgan fingerprint density at radius 2 is 1.17 bits per heavy atom. The fraction of sp³-hybridized carbons (Fsp3) is 0.0638. The molecular formula is C47H34. The molecule has 0 heteroatoms. The summed E-state index contributed by atoms with van der Waals surface area (Å²) in [7, 11) is 0. The molecule has 1 aliphatic rings. The van der Waals surface area contributed by atoms with Gasteiger partial charge < -0.3 is 0 Å². The lowest BCUT2D eigenvalue weighted by Crippen LogP contribution is -2.03. The smallest absolute Gasteiger partial charge is 0.00295 e. The van der Waals surface area contributed by atoms with Crippen molar-refractivity contribution in [2.24, 2.45) is 0 Å². The van der Waals surface area contributed by atoms with E-state index in [1.54, 1.807) is 0 Å². The quantitative estimate of drug-likeness (QED) is 0.177. The van der Waals surface area contributed by atoms with Crippen LogP contribution in [0.5, 0.6) is 0 Å². The molecule has 8 aromatic rings. The molecule has 0 radical (unpaired) electrons. The fourth-order valence-corrected chi connectivity index (χ4v) is 7.89. The molecule has 8 aromatic carbocycles. The van der Waals surface area contributed by atoms with Gasteiger partial charge in [0.05, 0.1) is 0 Å². The van der Waals surface area contributed by atoms with Crippen LogP contribution in [0.25, 0.3) is 88.6 Å². The Balaban J connectivity index is 1.31. The number of allylic oxidation sites excluding steroid dienone is 1. The predicted molar refractivity (Wildman–Crippen MR) is 205 cm³/mol. The van der Waals surface area contributed by atoms with Crippen molar-refractivity contribution in [2.75, 3.05) is 0 Å². The maximum absolute atomic E-state index is 4.03. The van der Waals surface area contributed by atoms with Crippen molar-refractivity contribution in [3.05, 3.63) is 168 Å². The van der Waals surface area contributed by atoms with E-state index in [-0.39, 0.29) is 0 Å². The minimum absolute atomic E-state index is 1.02. The summed E-state index contributed by atoms with van der Waals surface area (Å²) < 4.78 is 0. The third kappa shape index (κ3) is 4.44. The lowest BCUT2D eigenvalue weighted by molar-refractivity contribution is 0.992. The number of hydrogen-bond donors (Lipinski definition) is 0. The molecule has 0 amide bonds. The average Bonchev–Trinajstić information content (AvgIpc) is 3.13. The van der Waals surface area contributed by atoms with Crippen molar-refractivity contribution < 1.29 is 0 Å². The lowest BCUT2D eigenvalue weighted by Gasteiger charge is -2.25. The molecule has 0 fully saturated rings. The lowest BCUT2D eigenvalue weighted by atomic mass is 9.79. The van der Waals surface area contributed by atoms with Crippen LogP contribution in [-0.4, -0.2) is 0 Å². The molecule has 0 saturated heterocycles. The summed E-state index contributed by atoms with van der Waals surface area (Å²) in [5, 5.41) is 10.3. The van der Waals surface area contributed by atoms with E-state index in [0.29, 0.717) is 0 Å². The molecule has 0 bridgehead atoms. The van der Waals surface area contributed by atoms with Crippen LogP contribution in [0.15, 0.2) is 146 Å². The van der Waals surface area contributed by atoms with Crippen LogP contribution in [0.2, 0.25) is 0 Å². The van der Waals surface area contributed by atoms with Gasteiger partial charge in [-0.15, -0.1) is 0 Å². The number of hydrogen-bond acceptors (Lipinski definition) is 0. The Bertz CT molecular complexity index is 2590. The highest BCUT2D eigenvalue weighted by molar-refractivity contribution is 6.19. The van der Waals surface area contributed by atoms with Crippen LogP contribution in [0.1, 0.15) is 28.7 Å². The van der Waals surface area contributed by atoms with E-state index >= 15 is 0 Å². The van der Waals surface area contributed by atoms with E-state index < -0.39 is 0 Å². The summed E-state index contributed by atoms with van der Waals surface area (Å²) in [4.78, 5) is 0. The molecule has 0 atom stereocenters. The first-order valence-electron chi connectivity index (χ1n) is 16.6. The predicted octanol–water partition coefficient (Wildman–Crippen LogP) is 13.2. The number of benzene rings is 8. The van der Waals surface area contributed by atoms with Crippen LogP contribution in [0, 0.1) is 6.92 Å². The van der Waals surface area contributed by atoms with Gasteiger partial charge in [0.15, 0.2) is 0 Å². The second kappa shape index (κ2) is 11.0. The van der Waals surface area contributed by atoms with Gasteiger partial charge in [-0.1, -0.05) is 134 Å². The number of rotatable bonds is 4. The molecular weight excluding hydrogens is 565 g/mol. The molecule has 9 rings (SSSR count). The fourth-order valence-electron chi connectivity index (χ4n) is 7.89. The van der Waals surface area contributed by atoms with Gasteiger partial charge in [-0.25, -0.2) is 0 Å². The van der Waals surface area contributed by atoms with Crippen molar-refractivity contribution >= 4 is 55.2 Å². The summed E-state index contributed by atoms with van der Waals surface area (Å²) in [5.41, 5.74) is 13.0. The molecule has 0 aliphatic heterocycles. The molecule has 222 valence electrons. The summed E-state index contributed by atoms with van der Waals surface area (Å²) in [6.45, 7) is 6.17. The molecule has 0 heterocycles. The highest BCUT2D eigenvalue weighted by Gasteiger charge is 2.23. The highest BCUT2D eigenvalue weighted by atomic mass is 14.3. The van der Waals surface area contributed by atoms with Crippen LogP contribution in [0.4, 0.5) is 0 Å². The molecule has 0 aromatic heterocycles. The van der Waals surface area contributed by atoms with Crippen LogP contribution in [-0.2, 0) is 6.42 Å². The van der Waals surface area contributed by atoms with E-state index in [2.05, 4.69) is 159 Å². The van der Waals surface area contributed by atoms with Gasteiger partial charge in [-0.2, -0.15) is 0 Å². The first-order valence-corrected chi connectivity index (χ1v) is 16.6. The van der Waals surface area contributed by atoms with E-state index in [9.17, 15) is 0 Å². The summed E-state index contributed by atoms with van der Waals surface area (Å²) >= 11 is 0. The maximum atomic E-state index is 4.03. The number of fused-ring (bicyclic) bond motifs is 6. The maximum Gasteiger partial charge on any atom is -0.00295 e. The van der Waals surface area contributed by atoms with Gasteiger partial charge in [-0.05, 0) is 143 Å². The van der Waals surface area contributed by atoms with Gasteiger partial charge in [0.1, 0.15) is 0 Å². The first-order chi connectivity index (χ1) is 23.2. The van der Waals surface area contributed by atoms with Crippen LogP contribution in [0.3, 0.4) is 0 Å². The van der Waals surface area contributed by atoms with Gasteiger partial charge in [-0.3, -0.25) is 0 Å². The van der Waals surface area contributed by atoms with Gasteiger partial charge in [0.2, 0.25) is 0 Å². The second-order valence-electron chi connectivity index (χ2n) is 12.9. The van der Waals surface area contributed by atoms with Crippen LogP contribution >= 0.6 is 0 Å². The largest absolute Gasteiger partial charge is 0.0985 e. The van der Waals surface area contributed by atoms with E-state index in [1.807, 2.05) is 6.08 Å². The Kier molecular flexibility index (Phi) is 6.44. The first kappa shape index (κ1) is 27.6. The number of aryl methyl sites for hydroxylation is 1. The average molecular weight is 599 g/mol. The van der Waals surface area contributed by atoms with Crippen molar-refractivity contribution in [2.45, 2.75) is 19.8 Å². The summed E-state index contributed by atoms with van der Waals surface area (Å²) in [5.74, 6) is 0. The Morgan fingerprint density at radius 1 is 0.532 bits per heavy atom. The molecule has 1 aliphatic carbocycles. The van der Waals surface area contributed by atoms with Crippen LogP contribution < -0.4 is 0 Å². The standard InChI is InChI=1S/C47H34/c1-3-31-26-33(21-20-30(31)2)34-24-22-32-23-25-36(28-37(32)27-34)46-41-16-8-10-18-43(41)47(44-19-11-9-17-42(44)46)45-29-35-12-4-5-13-38(35)39-14-6-7-15-40(39)45/h3-10,12-18,20-29H,1,11,19H2,2H3. The molecule has 0 nitrogen and oxygen atoms in total. The summed E-state index contributed by atoms with van der Waals surface area (Å²) in [6.07, 6.45) is 8.77.